The Balaban J connectivity index is 0.00000264. The molecule has 0 aliphatic carbocycles. The van der Waals surface area contributed by atoms with Gasteiger partial charge in [0.1, 0.15) is 0 Å². The van der Waals surface area contributed by atoms with E-state index in [1.54, 1.807) is 6.20 Å². The maximum atomic E-state index is 6.03. The highest BCUT2D eigenvalue weighted by Crippen LogP contribution is 2.22. The fourth-order valence-electron chi connectivity index (χ4n) is 2.44. The first-order valence-electron chi connectivity index (χ1n) is 7.89. The monoisotopic (exact) mass is 427 g/mol. The van der Waals surface area contributed by atoms with Gasteiger partial charge in [-0.3, -0.25) is 9.67 Å². The fourth-order valence-corrected chi connectivity index (χ4v) is 2.44. The number of anilines is 1. The van der Waals surface area contributed by atoms with Crippen molar-refractivity contribution in [2.24, 2.45) is 10.7 Å². The Bertz CT molecular complexity index is 585. The van der Waals surface area contributed by atoms with E-state index in [0.29, 0.717) is 12.5 Å². The molecule has 1 aromatic heterocycles. The van der Waals surface area contributed by atoms with E-state index in [4.69, 9.17) is 5.73 Å². The Morgan fingerprint density at radius 2 is 1.91 bits per heavy atom. The van der Waals surface area contributed by atoms with Crippen LogP contribution in [0.2, 0.25) is 0 Å². The van der Waals surface area contributed by atoms with Crippen LogP contribution < -0.4 is 11.1 Å². The first-order chi connectivity index (χ1) is 10.7. The van der Waals surface area contributed by atoms with Crippen molar-refractivity contribution in [2.45, 2.75) is 39.7 Å². The van der Waals surface area contributed by atoms with Gasteiger partial charge in [0.25, 0.3) is 0 Å². The van der Waals surface area contributed by atoms with Crippen molar-refractivity contribution in [3.05, 3.63) is 47.8 Å². The standard InChI is InChI=1S/C17H25N5.HI/c1-3-14-8-5-9-15(4-2)16(14)21-17(18)19-10-6-12-22-13-7-11-20-22;/h5,7-9,11,13H,3-4,6,10,12H2,1-2H3,(H3,18,19,21);1H. The Morgan fingerprint density at radius 1 is 1.22 bits per heavy atom. The second-order valence-electron chi connectivity index (χ2n) is 5.17. The summed E-state index contributed by atoms with van der Waals surface area (Å²) >= 11 is 0. The Hall–Kier alpha value is -1.57. The molecule has 0 fully saturated rings. The molecule has 1 aromatic carbocycles. The highest BCUT2D eigenvalue weighted by molar-refractivity contribution is 14.0. The van der Waals surface area contributed by atoms with E-state index in [1.165, 1.54) is 11.1 Å². The summed E-state index contributed by atoms with van der Waals surface area (Å²) in [7, 11) is 0. The number of aliphatic imine (C=N–C) groups is 1. The van der Waals surface area contributed by atoms with E-state index in [-0.39, 0.29) is 24.0 Å². The van der Waals surface area contributed by atoms with Crippen molar-refractivity contribution in [3.8, 4) is 0 Å². The molecule has 1 heterocycles. The zero-order chi connectivity index (χ0) is 15.8. The van der Waals surface area contributed by atoms with Crippen LogP contribution in [0.3, 0.4) is 0 Å². The minimum absolute atomic E-state index is 0. The summed E-state index contributed by atoms with van der Waals surface area (Å²) in [5, 5.41) is 7.45. The number of halogens is 1. The van der Waals surface area contributed by atoms with E-state index in [0.717, 1.165) is 31.5 Å². The molecule has 2 rings (SSSR count). The van der Waals surface area contributed by atoms with Crippen LogP contribution in [0.25, 0.3) is 0 Å². The van der Waals surface area contributed by atoms with Crippen LogP contribution in [-0.2, 0) is 19.4 Å². The zero-order valence-electron chi connectivity index (χ0n) is 13.8. The molecule has 0 bridgehead atoms. The number of hydrogen-bond acceptors (Lipinski definition) is 2. The van der Waals surface area contributed by atoms with Gasteiger partial charge >= 0.3 is 0 Å². The highest BCUT2D eigenvalue weighted by Gasteiger charge is 2.06. The lowest BCUT2D eigenvalue weighted by molar-refractivity contribution is 0.585. The summed E-state index contributed by atoms with van der Waals surface area (Å²) in [6.07, 6.45) is 6.61. The Morgan fingerprint density at radius 3 is 2.48 bits per heavy atom. The molecule has 0 unspecified atom stereocenters. The molecule has 0 saturated carbocycles. The third kappa shape index (κ3) is 5.85. The van der Waals surface area contributed by atoms with Crippen LogP contribution in [0.5, 0.6) is 0 Å². The number of para-hydroxylation sites is 1. The molecule has 0 saturated heterocycles. The van der Waals surface area contributed by atoms with Crippen molar-refractivity contribution in [1.29, 1.82) is 0 Å². The summed E-state index contributed by atoms with van der Waals surface area (Å²) in [5.74, 6) is 0.482. The number of benzene rings is 1. The lowest BCUT2D eigenvalue weighted by atomic mass is 10.0. The van der Waals surface area contributed by atoms with Gasteiger partial charge in [-0.25, -0.2) is 0 Å². The number of guanidine groups is 1. The maximum absolute atomic E-state index is 6.03. The summed E-state index contributed by atoms with van der Waals surface area (Å²) in [4.78, 5) is 4.41. The SMILES string of the molecule is CCc1cccc(CC)c1NC(N)=NCCCn1cccn1.I. The van der Waals surface area contributed by atoms with Crippen molar-refractivity contribution in [3.63, 3.8) is 0 Å². The molecule has 23 heavy (non-hydrogen) atoms. The van der Waals surface area contributed by atoms with E-state index >= 15 is 0 Å². The topological polar surface area (TPSA) is 68.2 Å². The fraction of sp³-hybridized carbons (Fsp3) is 0.412. The number of nitrogens with zero attached hydrogens (tertiary/aromatic N) is 3. The highest BCUT2D eigenvalue weighted by atomic mass is 127. The molecular formula is C17H26IN5. The quantitative estimate of drug-likeness (QED) is 0.308. The molecule has 6 heteroatoms. The Kier molecular flexibility index (Phi) is 8.68. The lowest BCUT2D eigenvalue weighted by Gasteiger charge is -2.14. The summed E-state index contributed by atoms with van der Waals surface area (Å²) in [5.41, 5.74) is 9.69. The van der Waals surface area contributed by atoms with Crippen molar-refractivity contribution < 1.29 is 0 Å². The van der Waals surface area contributed by atoms with Gasteiger partial charge in [-0.05, 0) is 36.5 Å². The summed E-state index contributed by atoms with van der Waals surface area (Å²) in [6, 6.07) is 8.28. The minimum Gasteiger partial charge on any atom is -0.370 e. The smallest absolute Gasteiger partial charge is 0.193 e. The van der Waals surface area contributed by atoms with Gasteiger partial charge < -0.3 is 11.1 Å². The minimum atomic E-state index is 0. The average Bonchev–Trinajstić information content (AvgIpc) is 3.05. The average molecular weight is 427 g/mol. The summed E-state index contributed by atoms with van der Waals surface area (Å²) in [6.45, 7) is 5.85. The van der Waals surface area contributed by atoms with Crippen LogP contribution in [0.4, 0.5) is 5.69 Å². The van der Waals surface area contributed by atoms with Crippen molar-refractivity contribution in [2.75, 3.05) is 11.9 Å². The molecule has 0 aliphatic heterocycles. The van der Waals surface area contributed by atoms with E-state index < -0.39 is 0 Å². The number of nitrogens with two attached hydrogens (primary N) is 1. The molecular weight excluding hydrogens is 401 g/mol. The van der Waals surface area contributed by atoms with Gasteiger partial charge in [-0.15, -0.1) is 24.0 Å². The largest absolute Gasteiger partial charge is 0.370 e. The van der Waals surface area contributed by atoms with Crippen LogP contribution in [0, 0.1) is 0 Å². The third-order valence-electron chi connectivity index (χ3n) is 3.64. The van der Waals surface area contributed by atoms with E-state index in [2.05, 4.69) is 47.5 Å². The Labute approximate surface area is 155 Å². The van der Waals surface area contributed by atoms with Crippen molar-refractivity contribution >= 4 is 35.6 Å². The van der Waals surface area contributed by atoms with Crippen molar-refractivity contribution in [1.82, 2.24) is 9.78 Å². The number of nitrogens with one attached hydrogen (secondary N) is 1. The van der Waals surface area contributed by atoms with Crippen LogP contribution in [0.1, 0.15) is 31.4 Å². The number of rotatable bonds is 7. The molecule has 0 radical (unpaired) electrons. The molecule has 0 spiro atoms. The van der Waals surface area contributed by atoms with Gasteiger partial charge in [0, 0.05) is 31.2 Å². The van der Waals surface area contributed by atoms with E-state index in [1.807, 2.05) is 16.9 Å². The van der Waals surface area contributed by atoms with Gasteiger partial charge in [0.15, 0.2) is 5.96 Å². The predicted molar refractivity (Wildman–Crippen MR) is 108 cm³/mol. The normalized spacial score (nSPS) is 11.1. The second kappa shape index (κ2) is 10.3. The van der Waals surface area contributed by atoms with Gasteiger partial charge in [-0.1, -0.05) is 32.0 Å². The van der Waals surface area contributed by atoms with Crippen LogP contribution in [-0.4, -0.2) is 22.3 Å². The summed E-state index contributed by atoms with van der Waals surface area (Å²) < 4.78 is 1.90. The molecule has 3 N–H and O–H groups in total. The van der Waals surface area contributed by atoms with Gasteiger partial charge in [0.05, 0.1) is 0 Å². The predicted octanol–water partition coefficient (Wildman–Crippen LogP) is 3.44. The number of aromatic nitrogens is 2. The molecule has 126 valence electrons. The molecule has 2 aromatic rings. The first-order valence-corrected chi connectivity index (χ1v) is 7.89. The van der Waals surface area contributed by atoms with Crippen LogP contribution >= 0.6 is 24.0 Å². The molecule has 0 amide bonds. The lowest BCUT2D eigenvalue weighted by Crippen LogP contribution is -2.24. The van der Waals surface area contributed by atoms with Crippen LogP contribution in [0.15, 0.2) is 41.7 Å². The first kappa shape index (κ1) is 19.5. The number of aryl methyl sites for hydroxylation is 3. The van der Waals surface area contributed by atoms with Gasteiger partial charge in [-0.2, -0.15) is 5.10 Å². The second-order valence-corrected chi connectivity index (χ2v) is 5.17. The van der Waals surface area contributed by atoms with E-state index in [9.17, 15) is 0 Å². The van der Waals surface area contributed by atoms with Gasteiger partial charge in [0.2, 0.25) is 0 Å². The maximum Gasteiger partial charge on any atom is 0.193 e. The zero-order valence-corrected chi connectivity index (χ0v) is 16.2. The molecule has 5 nitrogen and oxygen atoms in total. The molecule has 0 aliphatic rings. The number of hydrogen-bond donors (Lipinski definition) is 2. The third-order valence-corrected chi connectivity index (χ3v) is 3.64. The molecule has 0 atom stereocenters.